The van der Waals surface area contributed by atoms with E-state index in [0.717, 1.165) is 45.2 Å². The zero-order chi connectivity index (χ0) is 28.3. The number of carbonyl (C=O) groups is 1. The summed E-state index contributed by atoms with van der Waals surface area (Å²) in [6.45, 7) is 8.93. The quantitative estimate of drug-likeness (QED) is 0.261. The van der Waals surface area contributed by atoms with Crippen LogP contribution in [0.15, 0.2) is 66.9 Å². The van der Waals surface area contributed by atoms with Crippen molar-refractivity contribution >= 4 is 23.4 Å². The van der Waals surface area contributed by atoms with Gasteiger partial charge in [-0.1, -0.05) is 30.3 Å². The van der Waals surface area contributed by atoms with E-state index in [1.165, 1.54) is 12.1 Å². The van der Waals surface area contributed by atoms with Crippen molar-refractivity contribution in [2.45, 2.75) is 58.1 Å². The van der Waals surface area contributed by atoms with Crippen molar-refractivity contribution < 1.29 is 13.9 Å². The van der Waals surface area contributed by atoms with Crippen LogP contribution in [-0.2, 0) is 4.74 Å². The number of hydrogen-bond acceptors (Lipinski definition) is 7. The van der Waals surface area contributed by atoms with Crippen molar-refractivity contribution in [1.29, 1.82) is 0 Å². The summed E-state index contributed by atoms with van der Waals surface area (Å²) in [5.41, 5.74) is 2.98. The zero-order valence-electron chi connectivity index (χ0n) is 23.2. The fourth-order valence-corrected chi connectivity index (χ4v) is 5.92. The third-order valence-corrected chi connectivity index (χ3v) is 8.03. The lowest BCUT2D eigenvalue weighted by atomic mass is 9.98. The van der Waals surface area contributed by atoms with Gasteiger partial charge < -0.3 is 15.0 Å². The number of likely N-dealkylation sites (tertiary alicyclic amines) is 1. The van der Waals surface area contributed by atoms with E-state index in [0.29, 0.717) is 19.0 Å². The van der Waals surface area contributed by atoms with Crippen molar-refractivity contribution in [1.82, 2.24) is 19.9 Å². The molecule has 0 radical (unpaired) electrons. The summed E-state index contributed by atoms with van der Waals surface area (Å²) < 4.78 is 19.3. The molecule has 40 heavy (non-hydrogen) atoms. The molecular weight excluding hydrogens is 525 g/mol. The molecule has 0 bridgehead atoms. The number of carbonyl (C=O) groups excluding carboxylic acids is 1. The van der Waals surface area contributed by atoms with Gasteiger partial charge >= 0.3 is 6.09 Å². The van der Waals surface area contributed by atoms with Crippen molar-refractivity contribution in [2.24, 2.45) is 0 Å². The third kappa shape index (κ3) is 6.65. The van der Waals surface area contributed by atoms with Crippen LogP contribution < -0.4 is 5.32 Å². The largest absolute Gasteiger partial charge is 0.444 e. The third-order valence-electron chi connectivity index (χ3n) is 6.79. The van der Waals surface area contributed by atoms with Gasteiger partial charge in [0.15, 0.2) is 0 Å². The molecule has 0 unspecified atom stereocenters. The molecular formula is C31H34FN5O2S. The highest BCUT2D eigenvalue weighted by Crippen LogP contribution is 2.41. The van der Waals surface area contributed by atoms with Gasteiger partial charge in [0, 0.05) is 30.8 Å². The maximum atomic E-state index is 13.8. The first-order chi connectivity index (χ1) is 19.2. The molecule has 1 amide bonds. The van der Waals surface area contributed by atoms with Gasteiger partial charge in [-0.25, -0.2) is 24.1 Å². The SMILES string of the molecule is C[C@H](Nc1nccc(-c2sc(C3CCN(C(=O)OC(C)(C)C)CC3)nc2-c2ccc(F)cc2)n1)c1ccccc1. The van der Waals surface area contributed by atoms with Gasteiger partial charge in [-0.3, -0.25) is 0 Å². The number of nitrogens with one attached hydrogen (secondary N) is 1. The van der Waals surface area contributed by atoms with E-state index < -0.39 is 5.60 Å². The average Bonchev–Trinajstić information content (AvgIpc) is 3.39. The molecule has 1 aliphatic heterocycles. The molecule has 2 aromatic carbocycles. The van der Waals surface area contributed by atoms with E-state index in [4.69, 9.17) is 14.7 Å². The Labute approximate surface area is 238 Å². The van der Waals surface area contributed by atoms with Gasteiger partial charge in [0.1, 0.15) is 11.4 Å². The molecule has 4 aromatic rings. The summed E-state index contributed by atoms with van der Waals surface area (Å²) in [7, 11) is 0. The van der Waals surface area contributed by atoms with Gasteiger partial charge in [0.25, 0.3) is 0 Å². The first-order valence-corrected chi connectivity index (χ1v) is 14.4. The number of piperidine rings is 1. The van der Waals surface area contributed by atoms with Gasteiger partial charge in [-0.05, 0) is 76.4 Å². The number of anilines is 1. The number of thiazole rings is 1. The molecule has 1 aliphatic rings. The lowest BCUT2D eigenvalue weighted by Crippen LogP contribution is -2.41. The Hall–Kier alpha value is -3.85. The van der Waals surface area contributed by atoms with Gasteiger partial charge in [-0.15, -0.1) is 11.3 Å². The van der Waals surface area contributed by atoms with E-state index in [-0.39, 0.29) is 23.9 Å². The van der Waals surface area contributed by atoms with E-state index in [9.17, 15) is 9.18 Å². The predicted octanol–water partition coefficient (Wildman–Crippen LogP) is 7.69. The maximum Gasteiger partial charge on any atom is 0.410 e. The van der Waals surface area contributed by atoms with Crippen LogP contribution in [-0.4, -0.2) is 44.6 Å². The first kappa shape index (κ1) is 27.7. The van der Waals surface area contributed by atoms with Crippen LogP contribution in [0.4, 0.5) is 15.1 Å². The number of benzene rings is 2. The Morgan fingerprint density at radius 2 is 1.75 bits per heavy atom. The van der Waals surface area contributed by atoms with Crippen molar-refractivity contribution in [2.75, 3.05) is 18.4 Å². The lowest BCUT2D eigenvalue weighted by molar-refractivity contribution is 0.0205. The standard InChI is InChI=1S/C31H34FN5O2S/c1-20(21-8-6-5-7-9-21)34-29-33-17-14-25(35-29)27-26(22-10-12-24(32)13-11-22)36-28(40-27)23-15-18-37(19-16-23)30(38)39-31(2,3)4/h5-14,17,20,23H,15-16,18-19H2,1-4H3,(H,33,34,35)/t20-/m0/s1. The Morgan fingerprint density at radius 1 is 1.05 bits per heavy atom. The molecule has 9 heteroatoms. The zero-order valence-corrected chi connectivity index (χ0v) is 24.0. The van der Waals surface area contributed by atoms with Gasteiger partial charge in [0.05, 0.1) is 27.3 Å². The number of halogens is 1. The molecule has 0 spiro atoms. The summed E-state index contributed by atoms with van der Waals surface area (Å²) in [6.07, 6.45) is 3.05. The number of aromatic nitrogens is 3. The van der Waals surface area contributed by atoms with Crippen LogP contribution >= 0.6 is 11.3 Å². The van der Waals surface area contributed by atoms with E-state index >= 15 is 0 Å². The normalized spacial score (nSPS) is 15.1. The summed E-state index contributed by atoms with van der Waals surface area (Å²) >= 11 is 1.60. The van der Waals surface area contributed by atoms with Gasteiger partial charge in [0.2, 0.25) is 5.95 Å². The fraction of sp³-hybridized carbons (Fsp3) is 0.355. The molecule has 1 fully saturated rings. The molecule has 1 atom stereocenters. The Bertz CT molecular complexity index is 1440. The van der Waals surface area contributed by atoms with Crippen molar-refractivity contribution in [3.63, 3.8) is 0 Å². The molecule has 208 valence electrons. The molecule has 1 N–H and O–H groups in total. The second-order valence-electron chi connectivity index (χ2n) is 11.0. The highest BCUT2D eigenvalue weighted by Gasteiger charge is 2.30. The number of rotatable bonds is 6. The fourth-order valence-electron chi connectivity index (χ4n) is 4.70. The predicted molar refractivity (Wildman–Crippen MR) is 157 cm³/mol. The highest BCUT2D eigenvalue weighted by atomic mass is 32.1. The van der Waals surface area contributed by atoms with Crippen LogP contribution in [0.25, 0.3) is 21.8 Å². The number of nitrogens with zero attached hydrogens (tertiary/aromatic N) is 4. The van der Waals surface area contributed by atoms with Crippen LogP contribution in [0.1, 0.15) is 63.1 Å². The number of hydrogen-bond donors (Lipinski definition) is 1. The number of amides is 1. The molecule has 7 nitrogen and oxygen atoms in total. The second-order valence-corrected chi connectivity index (χ2v) is 12.1. The smallest absolute Gasteiger partial charge is 0.410 e. The highest BCUT2D eigenvalue weighted by molar-refractivity contribution is 7.15. The summed E-state index contributed by atoms with van der Waals surface area (Å²) in [5.74, 6) is 0.437. The molecule has 1 saturated heterocycles. The van der Waals surface area contributed by atoms with E-state index in [1.807, 2.05) is 45.0 Å². The molecule has 3 heterocycles. The minimum atomic E-state index is -0.521. The first-order valence-electron chi connectivity index (χ1n) is 13.6. The summed E-state index contributed by atoms with van der Waals surface area (Å²) in [6, 6.07) is 18.5. The Kier molecular flexibility index (Phi) is 8.12. The summed E-state index contributed by atoms with van der Waals surface area (Å²) in [5, 5.41) is 4.39. The van der Waals surface area contributed by atoms with Crippen LogP contribution in [0.5, 0.6) is 0 Å². The number of ether oxygens (including phenoxy) is 1. The van der Waals surface area contributed by atoms with Crippen LogP contribution in [0.2, 0.25) is 0 Å². The van der Waals surface area contributed by atoms with Crippen molar-refractivity contribution in [3.8, 4) is 21.8 Å². The van der Waals surface area contributed by atoms with E-state index in [1.54, 1.807) is 34.6 Å². The molecule has 0 saturated carbocycles. The monoisotopic (exact) mass is 559 g/mol. The van der Waals surface area contributed by atoms with Crippen molar-refractivity contribution in [3.05, 3.63) is 83.2 Å². The molecule has 0 aliphatic carbocycles. The molecule has 2 aromatic heterocycles. The Morgan fingerprint density at radius 3 is 2.42 bits per heavy atom. The van der Waals surface area contributed by atoms with Crippen LogP contribution in [0, 0.1) is 5.82 Å². The average molecular weight is 560 g/mol. The van der Waals surface area contributed by atoms with Crippen LogP contribution in [0.3, 0.4) is 0 Å². The second kappa shape index (κ2) is 11.7. The minimum absolute atomic E-state index is 0.0280. The molecule has 5 rings (SSSR count). The lowest BCUT2D eigenvalue weighted by Gasteiger charge is -2.32. The maximum absolute atomic E-state index is 13.8. The summed E-state index contributed by atoms with van der Waals surface area (Å²) in [4.78, 5) is 29.6. The van der Waals surface area contributed by atoms with Gasteiger partial charge in [-0.2, -0.15) is 0 Å². The van der Waals surface area contributed by atoms with E-state index in [2.05, 4.69) is 29.4 Å². The minimum Gasteiger partial charge on any atom is -0.444 e. The Balaban J connectivity index is 1.41. The topological polar surface area (TPSA) is 80.2 Å².